The van der Waals surface area contributed by atoms with Crippen molar-refractivity contribution in [3.63, 3.8) is 0 Å². The summed E-state index contributed by atoms with van der Waals surface area (Å²) in [6.07, 6.45) is 1.41. The van der Waals surface area contributed by atoms with Gasteiger partial charge in [0.25, 0.3) is 0 Å². The monoisotopic (exact) mass is 414 g/mol. The molecule has 0 atom stereocenters. The molecule has 0 spiro atoms. The van der Waals surface area contributed by atoms with Gasteiger partial charge in [0.15, 0.2) is 5.12 Å². The topological polar surface area (TPSA) is 69.7 Å². The van der Waals surface area contributed by atoms with Gasteiger partial charge in [-0.2, -0.15) is 37.9 Å². The zero-order chi connectivity index (χ0) is 18.4. The Bertz CT molecular complexity index is 348. The molecule has 24 heavy (non-hydrogen) atoms. The number of esters is 2. The predicted octanol–water partition coefficient (Wildman–Crippen LogP) is 2.69. The van der Waals surface area contributed by atoms with Crippen molar-refractivity contribution in [3.05, 3.63) is 0 Å². The number of carbonyl (C=O) groups is 3. The second kappa shape index (κ2) is 14.2. The maximum absolute atomic E-state index is 11.8. The largest absolute Gasteiger partial charge is 0.465 e. The van der Waals surface area contributed by atoms with Crippen LogP contribution in [-0.2, 0) is 23.9 Å². The van der Waals surface area contributed by atoms with Crippen LogP contribution in [0.5, 0.6) is 0 Å². The van der Waals surface area contributed by atoms with Crippen LogP contribution in [0.4, 0.5) is 0 Å². The molecule has 0 aromatic heterocycles. The molecule has 0 amide bonds. The first-order valence-corrected chi connectivity index (χ1v) is 10.6. The molecule has 0 aliphatic rings. The first-order chi connectivity index (χ1) is 11.4. The molecular weight excluding hydrogens is 388 g/mol. The molecule has 0 saturated carbocycles. The number of thioether (sulfide) groups is 1. The van der Waals surface area contributed by atoms with Gasteiger partial charge in [0.2, 0.25) is 0 Å². The van der Waals surface area contributed by atoms with E-state index in [2.05, 4.69) is 37.9 Å². The summed E-state index contributed by atoms with van der Waals surface area (Å²) in [4.78, 5) is 35.0. The van der Waals surface area contributed by atoms with Crippen molar-refractivity contribution >= 4 is 66.7 Å². The Hall–Kier alpha value is 0.01000. The van der Waals surface area contributed by atoms with Crippen LogP contribution in [0.2, 0.25) is 0 Å². The van der Waals surface area contributed by atoms with Gasteiger partial charge in [0.1, 0.15) is 13.2 Å². The van der Waals surface area contributed by atoms with Gasteiger partial charge in [-0.05, 0) is 12.2 Å². The smallest absolute Gasteiger partial charge is 0.306 e. The van der Waals surface area contributed by atoms with Crippen molar-refractivity contribution in [2.45, 2.75) is 32.6 Å². The zero-order valence-electron chi connectivity index (χ0n) is 13.9. The van der Waals surface area contributed by atoms with E-state index in [1.165, 1.54) is 0 Å². The highest BCUT2D eigenvalue weighted by Crippen LogP contribution is 2.29. The minimum atomic E-state index is -0.588. The molecule has 0 heterocycles. The molecule has 5 nitrogen and oxygen atoms in total. The van der Waals surface area contributed by atoms with Crippen LogP contribution in [-0.4, -0.2) is 53.3 Å². The van der Waals surface area contributed by atoms with Crippen molar-refractivity contribution in [2.24, 2.45) is 5.41 Å². The summed E-state index contributed by atoms with van der Waals surface area (Å²) >= 11 is 13.2. The summed E-state index contributed by atoms with van der Waals surface area (Å²) in [5, 5.41) is 0.0196. The highest BCUT2D eigenvalue weighted by Gasteiger charge is 2.33. The third-order valence-corrected chi connectivity index (χ3v) is 5.27. The number of hydrogen-bond acceptors (Lipinski definition) is 9. The van der Waals surface area contributed by atoms with E-state index in [9.17, 15) is 14.4 Å². The first kappa shape index (κ1) is 24.0. The molecule has 140 valence electrons. The number of ether oxygens (including phenoxy) is 2. The lowest BCUT2D eigenvalue weighted by Gasteiger charge is -2.31. The van der Waals surface area contributed by atoms with E-state index in [0.717, 1.165) is 11.8 Å². The van der Waals surface area contributed by atoms with Gasteiger partial charge in [0.05, 0.1) is 12.8 Å². The lowest BCUT2D eigenvalue weighted by Crippen LogP contribution is -2.37. The first-order valence-electron chi connectivity index (χ1n) is 7.72. The Kier molecular flexibility index (Phi) is 14.2. The second-order valence-electron chi connectivity index (χ2n) is 5.26. The fourth-order valence-electron chi connectivity index (χ4n) is 1.62. The fourth-order valence-corrected chi connectivity index (χ4v) is 3.43. The summed E-state index contributed by atoms with van der Waals surface area (Å²) in [7, 11) is 0. The van der Waals surface area contributed by atoms with Crippen LogP contribution in [0.15, 0.2) is 0 Å². The van der Waals surface area contributed by atoms with Crippen LogP contribution in [0, 0.1) is 5.41 Å². The Labute approximate surface area is 164 Å². The molecule has 0 aliphatic heterocycles. The SMILES string of the molecule is CCC(COC(=O)CCS)(COC(=O)CCS)CSC(=O)CCS. The number of carbonyl (C=O) groups excluding carboxylic acids is 3. The Balaban J connectivity index is 4.81. The quantitative estimate of drug-likeness (QED) is 0.318. The standard InChI is InChI=1S/C15H26O5S4/c1-2-15(9-19-12(16)3-6-21,10-20-13(17)4-7-22)11-24-14(18)5-8-23/h21-23H,2-11H2,1H3. The van der Waals surface area contributed by atoms with E-state index in [0.29, 0.717) is 35.9 Å². The van der Waals surface area contributed by atoms with Crippen molar-refractivity contribution in [3.8, 4) is 0 Å². The van der Waals surface area contributed by atoms with E-state index in [4.69, 9.17) is 9.47 Å². The van der Waals surface area contributed by atoms with Crippen molar-refractivity contribution < 1.29 is 23.9 Å². The molecule has 0 bridgehead atoms. The highest BCUT2D eigenvalue weighted by atomic mass is 32.2. The van der Waals surface area contributed by atoms with Crippen molar-refractivity contribution in [2.75, 3.05) is 36.2 Å². The van der Waals surface area contributed by atoms with Crippen LogP contribution < -0.4 is 0 Å². The molecule has 0 saturated heterocycles. The van der Waals surface area contributed by atoms with Crippen LogP contribution in [0.3, 0.4) is 0 Å². The molecule has 0 N–H and O–H groups in total. The van der Waals surface area contributed by atoms with E-state index in [1.54, 1.807) is 0 Å². The van der Waals surface area contributed by atoms with E-state index < -0.39 is 5.41 Å². The third-order valence-electron chi connectivity index (χ3n) is 3.32. The summed E-state index contributed by atoms with van der Waals surface area (Å²) in [6.45, 7) is 2.12. The molecule has 0 fully saturated rings. The van der Waals surface area contributed by atoms with Crippen LogP contribution in [0.25, 0.3) is 0 Å². The van der Waals surface area contributed by atoms with Gasteiger partial charge in [-0.25, -0.2) is 0 Å². The van der Waals surface area contributed by atoms with Gasteiger partial charge < -0.3 is 9.47 Å². The lowest BCUT2D eigenvalue weighted by molar-refractivity contribution is -0.152. The minimum absolute atomic E-state index is 0.0196. The molecule has 9 heteroatoms. The molecule has 0 unspecified atom stereocenters. The molecule has 0 aromatic carbocycles. The Morgan fingerprint density at radius 1 is 0.875 bits per heavy atom. The number of rotatable bonds is 13. The average Bonchev–Trinajstić information content (AvgIpc) is 2.55. The van der Waals surface area contributed by atoms with E-state index in [1.807, 2.05) is 6.92 Å². The van der Waals surface area contributed by atoms with Gasteiger partial charge >= 0.3 is 11.9 Å². The lowest BCUT2D eigenvalue weighted by atomic mass is 9.89. The number of hydrogen-bond donors (Lipinski definition) is 3. The predicted molar refractivity (Wildman–Crippen MR) is 108 cm³/mol. The van der Waals surface area contributed by atoms with Crippen molar-refractivity contribution in [1.29, 1.82) is 0 Å². The molecule has 0 aliphatic carbocycles. The highest BCUT2D eigenvalue weighted by molar-refractivity contribution is 8.13. The van der Waals surface area contributed by atoms with Gasteiger partial charge in [0, 0.05) is 29.1 Å². The van der Waals surface area contributed by atoms with Crippen LogP contribution >= 0.6 is 49.6 Å². The van der Waals surface area contributed by atoms with Gasteiger partial charge in [-0.15, -0.1) is 0 Å². The van der Waals surface area contributed by atoms with Gasteiger partial charge in [-0.3, -0.25) is 14.4 Å². The summed E-state index contributed by atoms with van der Waals surface area (Å²) in [6, 6.07) is 0. The van der Waals surface area contributed by atoms with E-state index in [-0.39, 0.29) is 43.1 Å². The van der Waals surface area contributed by atoms with Crippen LogP contribution in [0.1, 0.15) is 32.6 Å². The molecule has 0 aromatic rings. The minimum Gasteiger partial charge on any atom is -0.465 e. The molecule has 0 rings (SSSR count). The third kappa shape index (κ3) is 10.8. The maximum Gasteiger partial charge on any atom is 0.306 e. The Morgan fingerprint density at radius 2 is 1.33 bits per heavy atom. The average molecular weight is 415 g/mol. The fraction of sp³-hybridized carbons (Fsp3) is 0.800. The normalized spacial score (nSPS) is 11.2. The molecular formula is C15H26O5S4. The summed E-state index contributed by atoms with van der Waals surface area (Å²) in [5.41, 5.74) is -0.588. The van der Waals surface area contributed by atoms with E-state index >= 15 is 0 Å². The zero-order valence-corrected chi connectivity index (χ0v) is 17.4. The maximum atomic E-state index is 11.8. The van der Waals surface area contributed by atoms with Crippen molar-refractivity contribution in [1.82, 2.24) is 0 Å². The summed E-state index contributed by atoms with van der Waals surface area (Å²) in [5.74, 6) is 1.01. The molecule has 0 radical (unpaired) electrons. The summed E-state index contributed by atoms with van der Waals surface area (Å²) < 4.78 is 10.6. The van der Waals surface area contributed by atoms with Gasteiger partial charge in [-0.1, -0.05) is 18.7 Å². The number of thiol groups is 3. The Morgan fingerprint density at radius 3 is 1.71 bits per heavy atom. The second-order valence-corrected chi connectivity index (χ2v) is 7.63.